The van der Waals surface area contributed by atoms with Crippen LogP contribution < -0.4 is 15.4 Å². The minimum atomic E-state index is -0.666. The Hall–Kier alpha value is -3.19. The van der Waals surface area contributed by atoms with E-state index in [0.717, 1.165) is 11.5 Å². The molecular formula is C22H22N2O4S. The number of furan rings is 1. The summed E-state index contributed by atoms with van der Waals surface area (Å²) in [6.45, 7) is 0. The number of para-hydroxylation sites is 1. The Morgan fingerprint density at radius 3 is 2.38 bits per heavy atom. The highest BCUT2D eigenvalue weighted by molar-refractivity contribution is 7.98. The van der Waals surface area contributed by atoms with Gasteiger partial charge >= 0.3 is 0 Å². The molecule has 0 aliphatic rings. The van der Waals surface area contributed by atoms with Gasteiger partial charge in [-0.3, -0.25) is 9.59 Å². The molecule has 0 saturated carbocycles. The predicted octanol–water partition coefficient (Wildman–Crippen LogP) is 4.56. The van der Waals surface area contributed by atoms with Gasteiger partial charge in [0.05, 0.1) is 6.26 Å². The molecule has 0 fully saturated rings. The largest absolute Gasteiger partial charge is 0.459 e. The van der Waals surface area contributed by atoms with Crippen molar-refractivity contribution < 1.29 is 18.7 Å². The van der Waals surface area contributed by atoms with E-state index in [2.05, 4.69) is 10.6 Å². The van der Waals surface area contributed by atoms with Crippen molar-refractivity contribution in [1.29, 1.82) is 0 Å². The molecule has 1 atom stereocenters. The number of nitrogens with one attached hydrogen (secondary N) is 2. The van der Waals surface area contributed by atoms with E-state index in [0.29, 0.717) is 17.9 Å². The number of amides is 2. The average molecular weight is 410 g/mol. The van der Waals surface area contributed by atoms with E-state index in [1.807, 2.05) is 36.6 Å². The quantitative estimate of drug-likeness (QED) is 0.540. The molecule has 0 spiro atoms. The molecule has 2 aromatic carbocycles. The highest BCUT2D eigenvalue weighted by atomic mass is 32.2. The normalized spacial score (nSPS) is 11.5. The highest BCUT2D eigenvalue weighted by Crippen LogP contribution is 2.22. The van der Waals surface area contributed by atoms with Gasteiger partial charge in [-0.1, -0.05) is 18.2 Å². The molecule has 0 saturated heterocycles. The molecule has 1 aromatic heterocycles. The van der Waals surface area contributed by atoms with Crippen molar-refractivity contribution in [3.05, 3.63) is 78.8 Å². The van der Waals surface area contributed by atoms with E-state index < -0.39 is 11.9 Å². The molecule has 2 amide bonds. The number of rotatable bonds is 9. The van der Waals surface area contributed by atoms with Crippen molar-refractivity contribution in [3.8, 4) is 11.5 Å². The molecule has 7 heteroatoms. The van der Waals surface area contributed by atoms with Crippen LogP contribution in [0.1, 0.15) is 17.0 Å². The minimum Gasteiger partial charge on any atom is -0.459 e. The molecule has 1 heterocycles. The van der Waals surface area contributed by atoms with Crippen LogP contribution >= 0.6 is 11.8 Å². The molecule has 3 rings (SSSR count). The zero-order valence-electron chi connectivity index (χ0n) is 16.0. The van der Waals surface area contributed by atoms with Gasteiger partial charge in [-0.15, -0.1) is 0 Å². The number of anilines is 1. The van der Waals surface area contributed by atoms with E-state index in [4.69, 9.17) is 9.15 Å². The number of thioether (sulfide) groups is 1. The van der Waals surface area contributed by atoms with E-state index in [-0.39, 0.29) is 11.7 Å². The third-order valence-corrected chi connectivity index (χ3v) is 4.72. The number of hydrogen-bond acceptors (Lipinski definition) is 5. The van der Waals surface area contributed by atoms with Gasteiger partial charge in [0.1, 0.15) is 17.5 Å². The van der Waals surface area contributed by atoms with Gasteiger partial charge < -0.3 is 19.8 Å². The lowest BCUT2D eigenvalue weighted by Gasteiger charge is -2.17. The second-order valence-electron chi connectivity index (χ2n) is 6.21. The number of hydrogen-bond donors (Lipinski definition) is 2. The standard InChI is InChI=1S/C22H22N2O4S/c1-29-15-13-19(24-22(26)20-8-5-14-27-20)21(25)23-16-9-11-18(12-10-16)28-17-6-3-2-4-7-17/h2-12,14,19H,13,15H2,1H3,(H,23,25)(H,24,26)/t19-/m1/s1. The van der Waals surface area contributed by atoms with Gasteiger partial charge in [-0.05, 0) is 67.0 Å². The van der Waals surface area contributed by atoms with Gasteiger partial charge in [-0.25, -0.2) is 0 Å². The van der Waals surface area contributed by atoms with Crippen LogP contribution in [0, 0.1) is 0 Å². The fourth-order valence-electron chi connectivity index (χ4n) is 2.60. The third kappa shape index (κ3) is 6.15. The van der Waals surface area contributed by atoms with E-state index in [1.54, 1.807) is 48.2 Å². The van der Waals surface area contributed by atoms with Gasteiger partial charge in [0.25, 0.3) is 5.91 Å². The molecule has 2 N–H and O–H groups in total. The zero-order valence-corrected chi connectivity index (χ0v) is 16.8. The number of benzene rings is 2. The number of carbonyl (C=O) groups is 2. The van der Waals surface area contributed by atoms with Crippen LogP contribution in [0.4, 0.5) is 5.69 Å². The molecule has 3 aromatic rings. The molecule has 0 unspecified atom stereocenters. The number of carbonyl (C=O) groups excluding carboxylic acids is 2. The molecule has 6 nitrogen and oxygen atoms in total. The zero-order chi connectivity index (χ0) is 20.5. The van der Waals surface area contributed by atoms with Gasteiger partial charge in [0.15, 0.2) is 5.76 Å². The van der Waals surface area contributed by atoms with Crippen molar-refractivity contribution in [3.63, 3.8) is 0 Å². The molecule has 150 valence electrons. The third-order valence-electron chi connectivity index (χ3n) is 4.08. The SMILES string of the molecule is CSCC[C@@H](NC(=O)c1ccco1)C(=O)Nc1ccc(Oc2ccccc2)cc1. The first-order valence-electron chi connectivity index (χ1n) is 9.13. The van der Waals surface area contributed by atoms with Crippen LogP contribution in [-0.2, 0) is 4.79 Å². The summed E-state index contributed by atoms with van der Waals surface area (Å²) in [7, 11) is 0. The molecule has 0 aliphatic carbocycles. The summed E-state index contributed by atoms with van der Waals surface area (Å²) in [6.07, 6.45) is 3.88. The van der Waals surface area contributed by atoms with Crippen molar-refractivity contribution in [2.45, 2.75) is 12.5 Å². The van der Waals surface area contributed by atoms with E-state index in [1.165, 1.54) is 6.26 Å². The molecular weight excluding hydrogens is 388 g/mol. The molecule has 0 bridgehead atoms. The highest BCUT2D eigenvalue weighted by Gasteiger charge is 2.22. The maximum atomic E-state index is 12.7. The Kier molecular flexibility index (Phi) is 7.35. The smallest absolute Gasteiger partial charge is 0.287 e. The summed E-state index contributed by atoms with van der Waals surface area (Å²) in [5, 5.41) is 5.58. The first-order chi connectivity index (χ1) is 14.2. The lowest BCUT2D eigenvalue weighted by Crippen LogP contribution is -2.44. The Morgan fingerprint density at radius 2 is 1.72 bits per heavy atom. The Morgan fingerprint density at radius 1 is 1.00 bits per heavy atom. The first-order valence-corrected chi connectivity index (χ1v) is 10.5. The molecule has 29 heavy (non-hydrogen) atoms. The summed E-state index contributed by atoms with van der Waals surface area (Å²) >= 11 is 1.61. The van der Waals surface area contributed by atoms with E-state index in [9.17, 15) is 9.59 Å². The van der Waals surface area contributed by atoms with Crippen LogP contribution in [-0.4, -0.2) is 29.9 Å². The lowest BCUT2D eigenvalue weighted by atomic mass is 10.2. The number of ether oxygens (including phenoxy) is 1. The predicted molar refractivity (Wildman–Crippen MR) is 115 cm³/mol. The first kappa shape index (κ1) is 20.5. The van der Waals surface area contributed by atoms with Gasteiger partial charge in [0.2, 0.25) is 5.91 Å². The van der Waals surface area contributed by atoms with Crippen LogP contribution in [0.15, 0.2) is 77.4 Å². The second-order valence-corrected chi connectivity index (χ2v) is 7.20. The second kappa shape index (κ2) is 10.4. The fraction of sp³-hybridized carbons (Fsp3) is 0.182. The summed E-state index contributed by atoms with van der Waals surface area (Å²) in [5.74, 6) is 1.62. The van der Waals surface area contributed by atoms with Crippen molar-refractivity contribution in [2.24, 2.45) is 0 Å². The average Bonchev–Trinajstić information content (AvgIpc) is 3.28. The summed E-state index contributed by atoms with van der Waals surface area (Å²) in [4.78, 5) is 24.9. The summed E-state index contributed by atoms with van der Waals surface area (Å²) in [5.41, 5.74) is 0.622. The maximum Gasteiger partial charge on any atom is 0.287 e. The van der Waals surface area contributed by atoms with Crippen LogP contribution in [0.2, 0.25) is 0 Å². The van der Waals surface area contributed by atoms with E-state index >= 15 is 0 Å². The van der Waals surface area contributed by atoms with Crippen LogP contribution in [0.5, 0.6) is 11.5 Å². The summed E-state index contributed by atoms with van der Waals surface area (Å²) in [6, 6.07) is 19.1. The Labute approximate surface area is 173 Å². The van der Waals surface area contributed by atoms with Crippen molar-refractivity contribution >= 4 is 29.3 Å². The Bertz CT molecular complexity index is 912. The van der Waals surface area contributed by atoms with Gasteiger partial charge in [0, 0.05) is 5.69 Å². The minimum absolute atomic E-state index is 0.175. The molecule has 0 radical (unpaired) electrons. The summed E-state index contributed by atoms with van der Waals surface area (Å²) < 4.78 is 10.8. The van der Waals surface area contributed by atoms with Crippen molar-refractivity contribution in [2.75, 3.05) is 17.3 Å². The lowest BCUT2D eigenvalue weighted by molar-refractivity contribution is -0.118. The van der Waals surface area contributed by atoms with Gasteiger partial charge in [-0.2, -0.15) is 11.8 Å². The topological polar surface area (TPSA) is 80.6 Å². The fourth-order valence-corrected chi connectivity index (χ4v) is 3.07. The van der Waals surface area contributed by atoms with Crippen molar-refractivity contribution in [1.82, 2.24) is 5.32 Å². The Balaban J connectivity index is 1.61. The molecule has 0 aliphatic heterocycles. The maximum absolute atomic E-state index is 12.7. The monoisotopic (exact) mass is 410 g/mol. The van der Waals surface area contributed by atoms with Crippen LogP contribution in [0.3, 0.4) is 0 Å². The van der Waals surface area contributed by atoms with Crippen LogP contribution in [0.25, 0.3) is 0 Å².